The monoisotopic (exact) mass is 245 g/mol. The van der Waals surface area contributed by atoms with E-state index in [1.165, 1.54) is 12.1 Å². The molecule has 2 heterocycles. The number of hydrogen-bond acceptors (Lipinski definition) is 2. The fourth-order valence-corrected chi connectivity index (χ4v) is 2.48. The van der Waals surface area contributed by atoms with Gasteiger partial charge in [0, 0.05) is 16.1 Å². The van der Waals surface area contributed by atoms with E-state index in [1.807, 2.05) is 17.5 Å². The molecule has 3 rings (SSSR count). The molecule has 0 radical (unpaired) electrons. The molecule has 1 aromatic carbocycles. The van der Waals surface area contributed by atoms with Crippen LogP contribution in [0.3, 0.4) is 0 Å². The van der Waals surface area contributed by atoms with Crippen molar-refractivity contribution in [2.45, 2.75) is 0 Å². The summed E-state index contributed by atoms with van der Waals surface area (Å²) in [6, 6.07) is 8.14. The molecule has 1 N–H and O–H groups in total. The lowest BCUT2D eigenvalue weighted by Crippen LogP contribution is -2.03. The first-order valence-electron chi connectivity index (χ1n) is 5.10. The van der Waals surface area contributed by atoms with Crippen LogP contribution in [0, 0.1) is 5.82 Å². The van der Waals surface area contributed by atoms with Crippen LogP contribution in [0.4, 0.5) is 10.1 Å². The van der Waals surface area contributed by atoms with Gasteiger partial charge in [0.2, 0.25) is 0 Å². The largest absolute Gasteiger partial charge is 0.321 e. The van der Waals surface area contributed by atoms with Crippen LogP contribution in [-0.2, 0) is 4.79 Å². The molecule has 2 aromatic rings. The first-order chi connectivity index (χ1) is 8.24. The molecule has 0 bridgehead atoms. The van der Waals surface area contributed by atoms with E-state index >= 15 is 0 Å². The van der Waals surface area contributed by atoms with Gasteiger partial charge in [-0.3, -0.25) is 4.79 Å². The highest BCUT2D eigenvalue weighted by molar-refractivity contribution is 7.11. The van der Waals surface area contributed by atoms with E-state index in [0.717, 1.165) is 4.88 Å². The minimum Gasteiger partial charge on any atom is -0.321 e. The number of benzene rings is 1. The van der Waals surface area contributed by atoms with Gasteiger partial charge in [0.25, 0.3) is 5.91 Å². The molecule has 0 saturated heterocycles. The Hall–Kier alpha value is -1.94. The van der Waals surface area contributed by atoms with Gasteiger partial charge in [-0.25, -0.2) is 4.39 Å². The van der Waals surface area contributed by atoms with Gasteiger partial charge >= 0.3 is 0 Å². The predicted molar refractivity (Wildman–Crippen MR) is 67.2 cm³/mol. The number of anilines is 1. The lowest BCUT2D eigenvalue weighted by molar-refractivity contribution is -0.110. The van der Waals surface area contributed by atoms with E-state index in [0.29, 0.717) is 16.8 Å². The molecule has 0 aliphatic carbocycles. The number of amides is 1. The molecule has 0 spiro atoms. The quantitative estimate of drug-likeness (QED) is 0.767. The van der Waals surface area contributed by atoms with Crippen LogP contribution in [0.5, 0.6) is 0 Å². The Morgan fingerprint density at radius 3 is 2.94 bits per heavy atom. The Balaban J connectivity index is 2.13. The summed E-state index contributed by atoms with van der Waals surface area (Å²) in [6.07, 6.45) is 1.78. The highest BCUT2D eigenvalue weighted by Crippen LogP contribution is 2.33. The van der Waals surface area contributed by atoms with Gasteiger partial charge in [-0.2, -0.15) is 0 Å². The fraction of sp³-hybridized carbons (Fsp3) is 0. The molecule has 1 aromatic heterocycles. The van der Waals surface area contributed by atoms with Gasteiger partial charge in [0.1, 0.15) is 5.82 Å². The number of rotatable bonds is 1. The molecule has 0 unspecified atom stereocenters. The molecule has 84 valence electrons. The summed E-state index contributed by atoms with van der Waals surface area (Å²) in [4.78, 5) is 12.8. The average molecular weight is 245 g/mol. The van der Waals surface area contributed by atoms with Crippen LogP contribution in [-0.4, -0.2) is 5.91 Å². The van der Waals surface area contributed by atoms with E-state index in [9.17, 15) is 9.18 Å². The Labute approximate surface area is 101 Å². The zero-order chi connectivity index (χ0) is 11.8. The van der Waals surface area contributed by atoms with Gasteiger partial charge in [0.15, 0.2) is 0 Å². The number of carbonyl (C=O) groups is 1. The minimum absolute atomic E-state index is 0.181. The van der Waals surface area contributed by atoms with E-state index in [1.54, 1.807) is 23.5 Å². The van der Waals surface area contributed by atoms with Crippen molar-refractivity contribution in [3.8, 4) is 0 Å². The summed E-state index contributed by atoms with van der Waals surface area (Å²) in [5.41, 5.74) is 1.81. The lowest BCUT2D eigenvalue weighted by Gasteiger charge is -1.97. The lowest BCUT2D eigenvalue weighted by atomic mass is 10.1. The van der Waals surface area contributed by atoms with E-state index in [4.69, 9.17) is 0 Å². The van der Waals surface area contributed by atoms with Crippen molar-refractivity contribution in [2.75, 3.05) is 5.32 Å². The van der Waals surface area contributed by atoms with Crippen molar-refractivity contribution in [3.05, 3.63) is 52.0 Å². The van der Waals surface area contributed by atoms with Crippen molar-refractivity contribution >= 4 is 34.6 Å². The van der Waals surface area contributed by atoms with E-state index in [2.05, 4.69) is 5.32 Å². The molecule has 17 heavy (non-hydrogen) atoms. The first-order valence-corrected chi connectivity index (χ1v) is 5.98. The van der Waals surface area contributed by atoms with Gasteiger partial charge in [-0.1, -0.05) is 6.07 Å². The Bertz CT molecular complexity index is 616. The summed E-state index contributed by atoms with van der Waals surface area (Å²) in [5.74, 6) is -0.517. The number of thiophene rings is 1. The van der Waals surface area contributed by atoms with Crippen molar-refractivity contribution in [1.82, 2.24) is 0 Å². The molecular weight excluding hydrogens is 237 g/mol. The maximum Gasteiger partial charge on any atom is 0.256 e. The standard InChI is InChI=1S/C13H8FNOS/c14-8-3-4-12-10(6-8)11(13(16)15-12)7-9-2-1-5-17-9/h1-7H,(H,15,16)/b11-7+. The van der Waals surface area contributed by atoms with Crippen molar-refractivity contribution in [1.29, 1.82) is 0 Å². The molecule has 4 heteroatoms. The third kappa shape index (κ3) is 1.76. The zero-order valence-corrected chi connectivity index (χ0v) is 9.55. The van der Waals surface area contributed by atoms with Crippen LogP contribution in [0.1, 0.15) is 10.4 Å². The first kappa shape index (κ1) is 10.2. The maximum absolute atomic E-state index is 13.2. The van der Waals surface area contributed by atoms with Gasteiger partial charge in [-0.05, 0) is 35.7 Å². The Morgan fingerprint density at radius 1 is 1.29 bits per heavy atom. The summed E-state index contributed by atoms with van der Waals surface area (Å²) in [6.45, 7) is 0. The summed E-state index contributed by atoms with van der Waals surface area (Å²) >= 11 is 1.54. The molecule has 1 aliphatic heterocycles. The molecule has 0 atom stereocenters. The molecular formula is C13H8FNOS. The van der Waals surface area contributed by atoms with Crippen LogP contribution >= 0.6 is 11.3 Å². The number of hydrogen-bond donors (Lipinski definition) is 1. The Kier molecular flexibility index (Phi) is 2.30. The second kappa shape index (κ2) is 3.82. The van der Waals surface area contributed by atoms with Crippen molar-refractivity contribution < 1.29 is 9.18 Å². The molecule has 0 fully saturated rings. The van der Waals surface area contributed by atoms with Crippen LogP contribution in [0.2, 0.25) is 0 Å². The highest BCUT2D eigenvalue weighted by Gasteiger charge is 2.24. The number of halogens is 1. The Morgan fingerprint density at radius 2 is 2.18 bits per heavy atom. The third-order valence-electron chi connectivity index (χ3n) is 2.59. The normalized spacial score (nSPS) is 16.1. The average Bonchev–Trinajstić information content (AvgIpc) is 2.90. The number of nitrogens with one attached hydrogen (secondary N) is 1. The van der Waals surface area contributed by atoms with E-state index < -0.39 is 0 Å². The second-order valence-electron chi connectivity index (χ2n) is 3.72. The van der Waals surface area contributed by atoms with Crippen LogP contribution < -0.4 is 5.32 Å². The highest BCUT2D eigenvalue weighted by atomic mass is 32.1. The van der Waals surface area contributed by atoms with E-state index in [-0.39, 0.29) is 11.7 Å². The topological polar surface area (TPSA) is 29.1 Å². The summed E-state index contributed by atoms with van der Waals surface area (Å²) in [5, 5.41) is 4.65. The molecule has 0 saturated carbocycles. The zero-order valence-electron chi connectivity index (χ0n) is 8.74. The molecule has 2 nitrogen and oxygen atoms in total. The smallest absolute Gasteiger partial charge is 0.256 e. The van der Waals surface area contributed by atoms with Crippen molar-refractivity contribution in [2.24, 2.45) is 0 Å². The second-order valence-corrected chi connectivity index (χ2v) is 4.70. The van der Waals surface area contributed by atoms with Gasteiger partial charge in [-0.15, -0.1) is 11.3 Å². The van der Waals surface area contributed by atoms with Crippen molar-refractivity contribution in [3.63, 3.8) is 0 Å². The maximum atomic E-state index is 13.2. The summed E-state index contributed by atoms with van der Waals surface area (Å²) < 4.78 is 13.2. The molecule has 1 aliphatic rings. The number of carbonyl (C=O) groups excluding carboxylic acids is 1. The molecule has 1 amide bonds. The fourth-order valence-electron chi connectivity index (χ4n) is 1.82. The van der Waals surface area contributed by atoms with Crippen LogP contribution in [0.15, 0.2) is 35.7 Å². The number of fused-ring (bicyclic) bond motifs is 1. The minimum atomic E-state index is -0.336. The van der Waals surface area contributed by atoms with Gasteiger partial charge in [0.05, 0.1) is 5.57 Å². The third-order valence-corrected chi connectivity index (χ3v) is 3.41. The van der Waals surface area contributed by atoms with Gasteiger partial charge < -0.3 is 5.32 Å². The van der Waals surface area contributed by atoms with Crippen LogP contribution in [0.25, 0.3) is 11.6 Å². The summed E-state index contributed by atoms with van der Waals surface area (Å²) in [7, 11) is 0. The SMILES string of the molecule is O=C1Nc2ccc(F)cc2/C1=C\c1cccs1. The predicted octanol–water partition coefficient (Wildman–Crippen LogP) is 3.38.